The summed E-state index contributed by atoms with van der Waals surface area (Å²) in [5.74, 6) is 1.02. The largest absolute Gasteiger partial charge is 0.0622 e. The second kappa shape index (κ2) is 5.50. The lowest BCUT2D eigenvalue weighted by Gasteiger charge is -2.23. The summed E-state index contributed by atoms with van der Waals surface area (Å²) >= 11 is 0. The first-order valence-corrected chi connectivity index (χ1v) is 7.30. The van der Waals surface area contributed by atoms with E-state index in [-0.39, 0.29) is 0 Å². The predicted molar refractivity (Wildman–Crippen MR) is 87.1 cm³/mol. The molecule has 0 heteroatoms. The van der Waals surface area contributed by atoms with Gasteiger partial charge in [-0.05, 0) is 27.8 Å². The highest BCUT2D eigenvalue weighted by Gasteiger charge is 2.19. The van der Waals surface area contributed by atoms with Crippen molar-refractivity contribution in [2.24, 2.45) is 5.92 Å². The van der Waals surface area contributed by atoms with Crippen molar-refractivity contribution in [1.82, 2.24) is 0 Å². The maximum Gasteiger partial charge on any atom is 0.0118 e. The summed E-state index contributed by atoms with van der Waals surface area (Å²) in [6.07, 6.45) is 0. The molecule has 3 aromatic rings. The topological polar surface area (TPSA) is 0 Å². The van der Waals surface area contributed by atoms with Gasteiger partial charge in [0.15, 0.2) is 0 Å². The number of benzene rings is 3. The normalized spacial score (nSPS) is 12.8. The van der Waals surface area contributed by atoms with Crippen molar-refractivity contribution in [3.63, 3.8) is 0 Å². The number of rotatable bonds is 3. The summed E-state index contributed by atoms with van der Waals surface area (Å²) in [5, 5.41) is 2.70. The van der Waals surface area contributed by atoms with Gasteiger partial charge in [-0.2, -0.15) is 0 Å². The Morgan fingerprint density at radius 3 is 2.05 bits per heavy atom. The highest BCUT2D eigenvalue weighted by molar-refractivity contribution is 5.86. The fourth-order valence-electron chi connectivity index (χ4n) is 3.11. The lowest BCUT2D eigenvalue weighted by atomic mass is 9.80. The van der Waals surface area contributed by atoms with Crippen LogP contribution in [0.15, 0.2) is 72.8 Å². The van der Waals surface area contributed by atoms with Crippen LogP contribution in [0.5, 0.6) is 0 Å². The van der Waals surface area contributed by atoms with Crippen LogP contribution in [0.2, 0.25) is 0 Å². The summed E-state index contributed by atoms with van der Waals surface area (Å²) in [6, 6.07) is 26.2. The predicted octanol–water partition coefficient (Wildman–Crippen LogP) is 5.63. The van der Waals surface area contributed by atoms with Crippen molar-refractivity contribution >= 4 is 10.8 Å². The van der Waals surface area contributed by atoms with E-state index in [9.17, 15) is 0 Å². The molecule has 3 aromatic carbocycles. The molecule has 0 spiro atoms. The first-order chi connectivity index (χ1) is 9.77. The van der Waals surface area contributed by atoms with Gasteiger partial charge in [0.2, 0.25) is 0 Å². The number of hydrogen-bond donors (Lipinski definition) is 0. The minimum atomic E-state index is 0.447. The Labute approximate surface area is 121 Å². The van der Waals surface area contributed by atoms with E-state index in [1.54, 1.807) is 0 Å². The molecule has 0 aliphatic carbocycles. The molecule has 0 aromatic heterocycles. The van der Waals surface area contributed by atoms with E-state index in [0.29, 0.717) is 11.8 Å². The molecule has 0 fully saturated rings. The fourth-order valence-corrected chi connectivity index (χ4v) is 3.11. The molecule has 0 aliphatic heterocycles. The summed E-state index contributed by atoms with van der Waals surface area (Å²) in [5.41, 5.74) is 2.84. The van der Waals surface area contributed by atoms with Crippen molar-refractivity contribution < 1.29 is 0 Å². The first-order valence-electron chi connectivity index (χ1n) is 7.30. The van der Waals surface area contributed by atoms with E-state index in [1.165, 1.54) is 21.9 Å². The smallest absolute Gasteiger partial charge is 0.0118 e. The average Bonchev–Trinajstić information content (AvgIpc) is 2.48. The zero-order valence-corrected chi connectivity index (χ0v) is 12.1. The van der Waals surface area contributed by atoms with Gasteiger partial charge in [0.25, 0.3) is 0 Å². The Morgan fingerprint density at radius 2 is 1.30 bits per heavy atom. The molecule has 0 heterocycles. The molecule has 100 valence electrons. The third-order valence-corrected chi connectivity index (χ3v) is 3.98. The molecule has 0 saturated carbocycles. The average molecular weight is 260 g/mol. The molecule has 0 nitrogen and oxygen atoms in total. The lowest BCUT2D eigenvalue weighted by molar-refractivity contribution is 0.567. The van der Waals surface area contributed by atoms with Crippen molar-refractivity contribution in [3.05, 3.63) is 83.9 Å². The second-order valence-electron chi connectivity index (χ2n) is 5.70. The monoisotopic (exact) mass is 260 g/mol. The van der Waals surface area contributed by atoms with Gasteiger partial charge in [-0.15, -0.1) is 0 Å². The Hall–Kier alpha value is -2.08. The zero-order valence-electron chi connectivity index (χ0n) is 12.1. The molecule has 1 atom stereocenters. The van der Waals surface area contributed by atoms with Gasteiger partial charge in [-0.1, -0.05) is 86.6 Å². The minimum Gasteiger partial charge on any atom is -0.0622 e. The second-order valence-corrected chi connectivity index (χ2v) is 5.70. The Bertz CT molecular complexity index is 690. The molecule has 0 aliphatic rings. The number of fused-ring (bicyclic) bond motifs is 1. The van der Waals surface area contributed by atoms with Crippen LogP contribution >= 0.6 is 0 Å². The van der Waals surface area contributed by atoms with Crippen LogP contribution < -0.4 is 0 Å². The van der Waals surface area contributed by atoms with Gasteiger partial charge in [-0.3, -0.25) is 0 Å². The first kappa shape index (κ1) is 12.9. The van der Waals surface area contributed by atoms with E-state index in [0.717, 1.165) is 0 Å². The third-order valence-electron chi connectivity index (χ3n) is 3.98. The highest BCUT2D eigenvalue weighted by Crippen LogP contribution is 2.35. The fraction of sp³-hybridized carbons (Fsp3) is 0.200. The molecule has 0 bridgehead atoms. The summed E-state index contributed by atoms with van der Waals surface area (Å²) in [7, 11) is 0. The van der Waals surface area contributed by atoms with Crippen LogP contribution in [0.4, 0.5) is 0 Å². The van der Waals surface area contributed by atoms with Gasteiger partial charge in [0.1, 0.15) is 0 Å². The van der Waals surface area contributed by atoms with E-state index in [1.807, 2.05) is 0 Å². The van der Waals surface area contributed by atoms with Crippen LogP contribution in [0.1, 0.15) is 30.9 Å². The van der Waals surface area contributed by atoms with Crippen molar-refractivity contribution in [3.8, 4) is 0 Å². The van der Waals surface area contributed by atoms with Gasteiger partial charge < -0.3 is 0 Å². The van der Waals surface area contributed by atoms with Crippen LogP contribution in [0, 0.1) is 5.92 Å². The summed E-state index contributed by atoms with van der Waals surface area (Å²) < 4.78 is 0. The maximum atomic E-state index is 2.30. The highest BCUT2D eigenvalue weighted by atomic mass is 14.2. The molecular formula is C20H20. The molecule has 3 rings (SSSR count). The van der Waals surface area contributed by atoms with Crippen LogP contribution in [0.3, 0.4) is 0 Å². The summed E-state index contributed by atoms with van der Waals surface area (Å²) in [4.78, 5) is 0. The van der Waals surface area contributed by atoms with E-state index in [4.69, 9.17) is 0 Å². The molecule has 1 unspecified atom stereocenters. The van der Waals surface area contributed by atoms with Gasteiger partial charge in [0.05, 0.1) is 0 Å². The zero-order chi connectivity index (χ0) is 13.9. The molecular weight excluding hydrogens is 240 g/mol. The van der Waals surface area contributed by atoms with E-state index >= 15 is 0 Å². The molecule has 0 N–H and O–H groups in total. The molecule has 0 radical (unpaired) electrons. The SMILES string of the molecule is CC(C)C(c1ccccc1)c1cccc2ccccc12. The van der Waals surface area contributed by atoms with Crippen LogP contribution in [0.25, 0.3) is 10.8 Å². The molecule has 20 heavy (non-hydrogen) atoms. The van der Waals surface area contributed by atoms with Gasteiger partial charge in [-0.25, -0.2) is 0 Å². The lowest BCUT2D eigenvalue weighted by Crippen LogP contribution is -2.09. The third kappa shape index (κ3) is 2.34. The Kier molecular flexibility index (Phi) is 3.56. The molecule has 0 amide bonds. The summed E-state index contributed by atoms with van der Waals surface area (Å²) in [6.45, 7) is 4.61. The van der Waals surface area contributed by atoms with E-state index < -0.39 is 0 Å². The van der Waals surface area contributed by atoms with Gasteiger partial charge in [0, 0.05) is 5.92 Å². The number of hydrogen-bond acceptors (Lipinski definition) is 0. The van der Waals surface area contributed by atoms with Gasteiger partial charge >= 0.3 is 0 Å². The van der Waals surface area contributed by atoms with Crippen LogP contribution in [-0.4, -0.2) is 0 Å². The van der Waals surface area contributed by atoms with Crippen molar-refractivity contribution in [1.29, 1.82) is 0 Å². The van der Waals surface area contributed by atoms with Crippen molar-refractivity contribution in [2.45, 2.75) is 19.8 Å². The van der Waals surface area contributed by atoms with Crippen LogP contribution in [-0.2, 0) is 0 Å². The minimum absolute atomic E-state index is 0.447. The Morgan fingerprint density at radius 1 is 0.650 bits per heavy atom. The van der Waals surface area contributed by atoms with Crippen molar-refractivity contribution in [2.75, 3.05) is 0 Å². The quantitative estimate of drug-likeness (QED) is 0.572. The standard InChI is InChI=1S/C20H20/c1-15(2)20(17-10-4-3-5-11-17)19-14-8-12-16-9-6-7-13-18(16)19/h3-15,20H,1-2H3. The maximum absolute atomic E-state index is 2.30. The Balaban J connectivity index is 2.21. The van der Waals surface area contributed by atoms with E-state index in [2.05, 4.69) is 86.6 Å². The molecule has 0 saturated heterocycles.